The molecule has 12 nitrogen and oxygen atoms in total. The highest BCUT2D eigenvalue weighted by molar-refractivity contribution is 7.47. The summed E-state index contributed by atoms with van der Waals surface area (Å²) in [5.74, 6) is -0.349. The Balaban J connectivity index is 2.68. The Labute approximate surface area is 269 Å². The van der Waals surface area contributed by atoms with E-state index in [4.69, 9.17) is 9.05 Å². The van der Waals surface area contributed by atoms with Crippen molar-refractivity contribution in [2.24, 2.45) is 0 Å². The van der Waals surface area contributed by atoms with Crippen molar-refractivity contribution < 1.29 is 53.9 Å². The standard InChI is InChI=1S/C32H62NO11P/c1-3-5-7-9-11-13-15-17-19-21-25(34)24(33-26(35)22-20-18-16-14-12-10-8-6-4-2)23-43-45(41,42)44-32-30(39)28(37)27(36)29(38)31(32)40/h19,21,24-25,27-32,34,36-40H,3-18,20,22-23H2,1-2H3,(H,33,35)(H,41,42)/b21-19+/t24-,25+,27?,28+,29?,30?,31?,32?/m0/s1. The Morgan fingerprint density at radius 2 is 1.18 bits per heavy atom. The Morgan fingerprint density at radius 3 is 1.69 bits per heavy atom. The molecule has 6 unspecified atom stereocenters. The first-order valence-electron chi connectivity index (χ1n) is 17.1. The van der Waals surface area contributed by atoms with Gasteiger partial charge in [0.05, 0.1) is 18.8 Å². The second kappa shape index (κ2) is 24.3. The van der Waals surface area contributed by atoms with Crippen LogP contribution in [0.25, 0.3) is 0 Å². The molecule has 1 saturated carbocycles. The quantitative estimate of drug-likeness (QED) is 0.0379. The molecular formula is C32H62NO11P. The first-order chi connectivity index (χ1) is 21.4. The summed E-state index contributed by atoms with van der Waals surface area (Å²) in [5.41, 5.74) is 0. The number of nitrogens with one attached hydrogen (secondary N) is 1. The molecule has 9 atom stereocenters. The predicted molar refractivity (Wildman–Crippen MR) is 172 cm³/mol. The van der Waals surface area contributed by atoms with Crippen LogP contribution >= 0.6 is 7.82 Å². The van der Waals surface area contributed by atoms with Crippen LogP contribution in [-0.4, -0.2) is 96.8 Å². The molecule has 0 aliphatic heterocycles. The Morgan fingerprint density at radius 1 is 0.733 bits per heavy atom. The van der Waals surface area contributed by atoms with Crippen molar-refractivity contribution in [1.29, 1.82) is 0 Å². The molecule has 1 amide bonds. The lowest BCUT2D eigenvalue weighted by Gasteiger charge is -2.41. The molecular weight excluding hydrogens is 605 g/mol. The van der Waals surface area contributed by atoms with E-state index >= 15 is 0 Å². The summed E-state index contributed by atoms with van der Waals surface area (Å²) in [6, 6.07) is -1.11. The molecule has 13 heteroatoms. The monoisotopic (exact) mass is 667 g/mol. The van der Waals surface area contributed by atoms with Crippen LogP contribution in [0, 0.1) is 0 Å². The lowest BCUT2D eigenvalue weighted by molar-refractivity contribution is -0.220. The van der Waals surface area contributed by atoms with E-state index in [-0.39, 0.29) is 12.3 Å². The molecule has 0 aromatic carbocycles. The van der Waals surface area contributed by atoms with E-state index in [0.29, 0.717) is 6.42 Å². The van der Waals surface area contributed by atoms with E-state index in [1.807, 2.05) is 0 Å². The van der Waals surface area contributed by atoms with Gasteiger partial charge < -0.3 is 40.8 Å². The van der Waals surface area contributed by atoms with Crippen molar-refractivity contribution in [3.8, 4) is 0 Å². The van der Waals surface area contributed by atoms with Crippen LogP contribution in [0.5, 0.6) is 0 Å². The molecule has 0 aromatic rings. The number of amides is 1. The van der Waals surface area contributed by atoms with Crippen molar-refractivity contribution in [3.63, 3.8) is 0 Å². The van der Waals surface area contributed by atoms with Crippen molar-refractivity contribution in [3.05, 3.63) is 12.2 Å². The third-order valence-electron chi connectivity index (χ3n) is 8.32. The Kier molecular flexibility index (Phi) is 22.7. The highest BCUT2D eigenvalue weighted by Gasteiger charge is 2.51. The van der Waals surface area contributed by atoms with Gasteiger partial charge in [-0.05, 0) is 19.3 Å². The summed E-state index contributed by atoms with van der Waals surface area (Å²) < 4.78 is 22.6. The summed E-state index contributed by atoms with van der Waals surface area (Å²) in [6.45, 7) is 3.71. The average Bonchev–Trinajstić information content (AvgIpc) is 3.01. The highest BCUT2D eigenvalue weighted by atomic mass is 31.2. The van der Waals surface area contributed by atoms with Crippen LogP contribution in [0.4, 0.5) is 0 Å². The van der Waals surface area contributed by atoms with Gasteiger partial charge in [0.15, 0.2) is 0 Å². The summed E-state index contributed by atoms with van der Waals surface area (Å²) >= 11 is 0. The molecule has 0 saturated heterocycles. The van der Waals surface area contributed by atoms with Gasteiger partial charge in [-0.3, -0.25) is 13.8 Å². The zero-order valence-electron chi connectivity index (χ0n) is 27.4. The number of phosphoric ester groups is 1. The maximum atomic E-state index is 12.7. The van der Waals surface area contributed by atoms with Gasteiger partial charge in [-0.25, -0.2) is 4.57 Å². The fraction of sp³-hybridized carbons (Fsp3) is 0.906. The molecule has 0 radical (unpaired) electrons. The predicted octanol–water partition coefficient (Wildman–Crippen LogP) is 3.77. The number of aliphatic hydroxyl groups excluding tert-OH is 6. The Hall–Kier alpha value is -0.920. The number of hydrogen-bond donors (Lipinski definition) is 8. The van der Waals surface area contributed by atoms with Gasteiger partial charge in [-0.2, -0.15) is 0 Å². The summed E-state index contributed by atoms with van der Waals surface area (Å²) in [4.78, 5) is 23.0. The maximum absolute atomic E-state index is 12.7. The first kappa shape index (κ1) is 42.1. The smallest absolute Gasteiger partial charge is 0.387 e. The number of rotatable bonds is 26. The summed E-state index contributed by atoms with van der Waals surface area (Å²) in [7, 11) is -5.05. The maximum Gasteiger partial charge on any atom is 0.472 e. The van der Waals surface area contributed by atoms with Crippen LogP contribution < -0.4 is 5.32 Å². The van der Waals surface area contributed by atoms with Crippen molar-refractivity contribution in [1.82, 2.24) is 5.32 Å². The van der Waals surface area contributed by atoms with Crippen LogP contribution in [0.15, 0.2) is 12.2 Å². The average molecular weight is 668 g/mol. The minimum Gasteiger partial charge on any atom is -0.387 e. The van der Waals surface area contributed by atoms with Gasteiger partial charge in [-0.1, -0.05) is 116 Å². The number of carbonyl (C=O) groups excluding carboxylic acids is 1. The minimum absolute atomic E-state index is 0.215. The van der Waals surface area contributed by atoms with Crippen LogP contribution in [-0.2, 0) is 18.4 Å². The number of carbonyl (C=O) groups is 1. The molecule has 0 spiro atoms. The second-order valence-electron chi connectivity index (χ2n) is 12.4. The zero-order valence-corrected chi connectivity index (χ0v) is 28.3. The number of hydrogen-bond acceptors (Lipinski definition) is 10. The molecule has 266 valence electrons. The van der Waals surface area contributed by atoms with Crippen molar-refractivity contribution >= 4 is 13.7 Å². The first-order valence-corrected chi connectivity index (χ1v) is 18.6. The van der Waals surface area contributed by atoms with E-state index in [0.717, 1.165) is 44.9 Å². The molecule has 1 aliphatic carbocycles. The van der Waals surface area contributed by atoms with Gasteiger partial charge in [-0.15, -0.1) is 0 Å². The number of allylic oxidation sites excluding steroid dienone is 1. The number of unbranched alkanes of at least 4 members (excludes halogenated alkanes) is 15. The Bertz CT molecular complexity index is 832. The van der Waals surface area contributed by atoms with Crippen LogP contribution in [0.3, 0.4) is 0 Å². The van der Waals surface area contributed by atoms with Crippen molar-refractivity contribution in [2.75, 3.05) is 6.61 Å². The highest BCUT2D eigenvalue weighted by Crippen LogP contribution is 2.47. The molecule has 1 fully saturated rings. The lowest BCUT2D eigenvalue weighted by atomic mass is 9.85. The van der Waals surface area contributed by atoms with Crippen molar-refractivity contribution in [2.45, 2.75) is 178 Å². The van der Waals surface area contributed by atoms with Gasteiger partial charge in [0.25, 0.3) is 0 Å². The van der Waals surface area contributed by atoms with E-state index in [9.17, 15) is 44.9 Å². The normalized spacial score (nSPS) is 26.5. The molecule has 0 aromatic heterocycles. The fourth-order valence-electron chi connectivity index (χ4n) is 5.37. The largest absolute Gasteiger partial charge is 0.472 e. The second-order valence-corrected chi connectivity index (χ2v) is 13.8. The van der Waals surface area contributed by atoms with Gasteiger partial charge in [0.2, 0.25) is 5.91 Å². The molecule has 1 aliphatic rings. The van der Waals surface area contributed by atoms with E-state index in [1.54, 1.807) is 6.08 Å². The fourth-order valence-corrected chi connectivity index (χ4v) is 6.34. The topological polar surface area (TPSA) is 206 Å². The van der Waals surface area contributed by atoms with E-state index < -0.39 is 63.2 Å². The molecule has 0 bridgehead atoms. The molecule has 0 heterocycles. The van der Waals surface area contributed by atoms with Gasteiger partial charge >= 0.3 is 7.82 Å². The molecule has 45 heavy (non-hydrogen) atoms. The third kappa shape index (κ3) is 17.7. The lowest BCUT2D eigenvalue weighted by Crippen LogP contribution is -2.64. The summed E-state index contributed by atoms with van der Waals surface area (Å²) in [6.07, 6.45) is 9.05. The van der Waals surface area contributed by atoms with Gasteiger partial charge in [0.1, 0.15) is 36.6 Å². The van der Waals surface area contributed by atoms with E-state index in [1.165, 1.54) is 63.9 Å². The minimum atomic E-state index is -5.05. The molecule has 1 rings (SSSR count). The third-order valence-corrected chi connectivity index (χ3v) is 9.30. The summed E-state index contributed by atoms with van der Waals surface area (Å²) in [5, 5.41) is 63.3. The van der Waals surface area contributed by atoms with Gasteiger partial charge in [0, 0.05) is 6.42 Å². The van der Waals surface area contributed by atoms with E-state index in [2.05, 4.69) is 19.2 Å². The van der Waals surface area contributed by atoms with Crippen LogP contribution in [0.1, 0.15) is 129 Å². The number of aliphatic hydroxyl groups is 6. The SMILES string of the molecule is CCCCCCCCC/C=C/[C@@H](O)[C@H](COP(=O)(O)OC1C(O)C(O)C(O)[C@@H](O)C1O)NC(=O)CCCCCCCCCCC. The zero-order chi connectivity index (χ0) is 33.7. The number of phosphoric acid groups is 1. The van der Waals surface area contributed by atoms with Crippen LogP contribution in [0.2, 0.25) is 0 Å². The molecule has 8 N–H and O–H groups in total.